The molecule has 7 heteroatoms. The minimum Gasteiger partial charge on any atom is -0.495 e. The molecular weight excluding hydrogens is 390 g/mol. The number of methoxy groups -OCH3 is 1. The SMILES string of the molecule is COc1ccc(Cl)cc1NC(=O)C[NH+](C)CC(=O)Nc1cccc2ccccc12. The second-order valence-corrected chi connectivity index (χ2v) is 7.21. The fourth-order valence-electron chi connectivity index (χ4n) is 3.11. The predicted octanol–water partition coefficient (Wildman–Crippen LogP) is 2.59. The average molecular weight is 413 g/mol. The van der Waals surface area contributed by atoms with Gasteiger partial charge in [0.1, 0.15) is 5.75 Å². The number of quaternary nitrogens is 1. The van der Waals surface area contributed by atoms with Crippen molar-refractivity contribution in [3.63, 3.8) is 0 Å². The van der Waals surface area contributed by atoms with Gasteiger partial charge in [-0.2, -0.15) is 0 Å². The number of ether oxygens (including phenoxy) is 1. The van der Waals surface area contributed by atoms with E-state index in [1.165, 1.54) is 7.11 Å². The summed E-state index contributed by atoms with van der Waals surface area (Å²) in [6.07, 6.45) is 0. The van der Waals surface area contributed by atoms with E-state index < -0.39 is 0 Å². The Labute approximate surface area is 174 Å². The van der Waals surface area contributed by atoms with Gasteiger partial charge in [0.25, 0.3) is 11.8 Å². The Balaban J connectivity index is 1.57. The first-order chi connectivity index (χ1) is 14.0. The van der Waals surface area contributed by atoms with Crippen molar-refractivity contribution in [3.05, 3.63) is 65.7 Å². The van der Waals surface area contributed by atoms with Crippen LogP contribution in [0.3, 0.4) is 0 Å². The zero-order chi connectivity index (χ0) is 20.8. The molecule has 3 aromatic carbocycles. The average Bonchev–Trinajstić information content (AvgIpc) is 2.68. The van der Waals surface area contributed by atoms with Gasteiger partial charge in [-0.15, -0.1) is 0 Å². The first-order valence-electron chi connectivity index (χ1n) is 9.18. The molecule has 3 N–H and O–H groups in total. The van der Waals surface area contributed by atoms with Crippen LogP contribution in [0.1, 0.15) is 0 Å². The van der Waals surface area contributed by atoms with Crippen LogP contribution >= 0.6 is 11.6 Å². The Morgan fingerprint density at radius 3 is 2.31 bits per heavy atom. The largest absolute Gasteiger partial charge is 0.495 e. The molecule has 150 valence electrons. The number of likely N-dealkylation sites (N-methyl/N-ethyl adjacent to an activating group) is 1. The minimum atomic E-state index is -0.235. The highest BCUT2D eigenvalue weighted by atomic mass is 35.5. The van der Waals surface area contributed by atoms with Gasteiger partial charge in [-0.05, 0) is 29.7 Å². The molecule has 0 fully saturated rings. The molecule has 0 heterocycles. The molecule has 0 radical (unpaired) electrons. The summed E-state index contributed by atoms with van der Waals surface area (Å²) in [4.78, 5) is 25.6. The summed E-state index contributed by atoms with van der Waals surface area (Å²) in [6.45, 7) is 0.280. The lowest BCUT2D eigenvalue weighted by Gasteiger charge is -2.15. The number of rotatable bonds is 7. The number of hydrogen-bond donors (Lipinski definition) is 3. The third-order valence-electron chi connectivity index (χ3n) is 4.42. The number of hydrogen-bond acceptors (Lipinski definition) is 3. The van der Waals surface area contributed by atoms with E-state index in [0.717, 1.165) is 21.4 Å². The van der Waals surface area contributed by atoms with Crippen LogP contribution in [0.25, 0.3) is 10.8 Å². The number of fused-ring (bicyclic) bond motifs is 1. The Bertz CT molecular complexity index is 1030. The van der Waals surface area contributed by atoms with Crippen molar-refractivity contribution < 1.29 is 19.2 Å². The molecule has 2 amide bonds. The highest BCUT2D eigenvalue weighted by Gasteiger charge is 2.16. The minimum absolute atomic E-state index is 0.124. The highest BCUT2D eigenvalue weighted by Crippen LogP contribution is 2.27. The zero-order valence-electron chi connectivity index (χ0n) is 16.3. The molecule has 0 saturated carbocycles. The number of amides is 2. The molecule has 0 aliphatic rings. The zero-order valence-corrected chi connectivity index (χ0v) is 17.0. The number of nitrogens with one attached hydrogen (secondary N) is 3. The van der Waals surface area contributed by atoms with Crippen molar-refractivity contribution in [2.24, 2.45) is 0 Å². The second kappa shape index (κ2) is 9.41. The molecule has 0 spiro atoms. The maximum Gasteiger partial charge on any atom is 0.279 e. The Hall–Kier alpha value is -3.09. The lowest BCUT2D eigenvalue weighted by Crippen LogP contribution is -3.11. The summed E-state index contributed by atoms with van der Waals surface area (Å²) in [5.74, 6) is 0.127. The number of benzene rings is 3. The van der Waals surface area contributed by atoms with Crippen LogP contribution in [0.15, 0.2) is 60.7 Å². The van der Waals surface area contributed by atoms with Gasteiger partial charge >= 0.3 is 0 Å². The normalized spacial score (nSPS) is 11.7. The predicted molar refractivity (Wildman–Crippen MR) is 116 cm³/mol. The summed E-state index contributed by atoms with van der Waals surface area (Å²) < 4.78 is 5.23. The maximum atomic E-state index is 12.5. The summed E-state index contributed by atoms with van der Waals surface area (Å²) in [6, 6.07) is 18.6. The van der Waals surface area contributed by atoms with E-state index in [4.69, 9.17) is 16.3 Å². The Morgan fingerprint density at radius 1 is 0.931 bits per heavy atom. The number of carbonyl (C=O) groups is 2. The van der Waals surface area contributed by atoms with Crippen LogP contribution in [0, 0.1) is 0 Å². The summed E-state index contributed by atoms with van der Waals surface area (Å²) in [5.41, 5.74) is 1.26. The van der Waals surface area contributed by atoms with Crippen LogP contribution in [0.4, 0.5) is 11.4 Å². The second-order valence-electron chi connectivity index (χ2n) is 6.78. The Kier molecular flexibility index (Phi) is 6.69. The van der Waals surface area contributed by atoms with Crippen molar-refractivity contribution in [2.75, 3.05) is 37.9 Å². The number of carbonyl (C=O) groups excluding carboxylic acids is 2. The molecule has 0 bridgehead atoms. The molecule has 0 aromatic heterocycles. The molecule has 3 rings (SSSR count). The van der Waals surface area contributed by atoms with E-state index in [9.17, 15) is 9.59 Å². The molecule has 0 saturated heterocycles. The summed E-state index contributed by atoms with van der Waals surface area (Å²) in [5, 5.41) is 8.25. The first-order valence-corrected chi connectivity index (χ1v) is 9.56. The van der Waals surface area contributed by atoms with Crippen molar-refractivity contribution in [2.45, 2.75) is 0 Å². The Morgan fingerprint density at radius 2 is 1.59 bits per heavy atom. The third-order valence-corrected chi connectivity index (χ3v) is 4.66. The lowest BCUT2D eigenvalue weighted by molar-refractivity contribution is -0.862. The van der Waals surface area contributed by atoms with E-state index in [-0.39, 0.29) is 24.9 Å². The lowest BCUT2D eigenvalue weighted by atomic mass is 10.1. The van der Waals surface area contributed by atoms with Gasteiger partial charge < -0.3 is 20.3 Å². The van der Waals surface area contributed by atoms with Crippen LogP contribution in [-0.4, -0.2) is 39.1 Å². The summed E-state index contributed by atoms with van der Waals surface area (Å²) in [7, 11) is 3.31. The van der Waals surface area contributed by atoms with E-state index in [0.29, 0.717) is 16.5 Å². The van der Waals surface area contributed by atoms with E-state index in [2.05, 4.69) is 10.6 Å². The van der Waals surface area contributed by atoms with Crippen molar-refractivity contribution in [1.29, 1.82) is 0 Å². The van der Waals surface area contributed by atoms with Gasteiger partial charge in [-0.1, -0.05) is 48.0 Å². The monoisotopic (exact) mass is 412 g/mol. The van der Waals surface area contributed by atoms with Gasteiger partial charge in [-0.25, -0.2) is 0 Å². The molecule has 29 heavy (non-hydrogen) atoms. The molecule has 1 unspecified atom stereocenters. The molecule has 3 aromatic rings. The van der Waals surface area contributed by atoms with Crippen molar-refractivity contribution in [3.8, 4) is 5.75 Å². The maximum absolute atomic E-state index is 12.5. The van der Waals surface area contributed by atoms with Gasteiger partial charge in [0, 0.05) is 16.1 Å². The van der Waals surface area contributed by atoms with Gasteiger partial charge in [-0.3, -0.25) is 9.59 Å². The number of anilines is 2. The van der Waals surface area contributed by atoms with E-state index >= 15 is 0 Å². The van der Waals surface area contributed by atoms with Gasteiger partial charge in [0.15, 0.2) is 13.1 Å². The third kappa shape index (κ3) is 5.47. The van der Waals surface area contributed by atoms with Crippen molar-refractivity contribution >= 4 is 45.6 Å². The van der Waals surface area contributed by atoms with Crippen LogP contribution in [0.2, 0.25) is 5.02 Å². The van der Waals surface area contributed by atoms with Crippen molar-refractivity contribution in [1.82, 2.24) is 0 Å². The fourth-order valence-corrected chi connectivity index (χ4v) is 3.28. The molecule has 0 aliphatic heterocycles. The molecule has 1 atom stereocenters. The van der Waals surface area contributed by atoms with Crippen LogP contribution in [0.5, 0.6) is 5.75 Å². The quantitative estimate of drug-likeness (QED) is 0.558. The molecular formula is C22H23ClN3O3+. The molecule has 0 aliphatic carbocycles. The molecule has 6 nitrogen and oxygen atoms in total. The van der Waals surface area contributed by atoms with E-state index in [1.54, 1.807) is 25.2 Å². The van der Waals surface area contributed by atoms with Crippen LogP contribution in [-0.2, 0) is 9.59 Å². The first kappa shape index (κ1) is 20.6. The van der Waals surface area contributed by atoms with Crippen LogP contribution < -0.4 is 20.3 Å². The fraction of sp³-hybridized carbons (Fsp3) is 0.182. The highest BCUT2D eigenvalue weighted by molar-refractivity contribution is 6.31. The van der Waals surface area contributed by atoms with Gasteiger partial charge in [0.05, 0.1) is 19.8 Å². The summed E-state index contributed by atoms with van der Waals surface area (Å²) >= 11 is 5.99. The topological polar surface area (TPSA) is 71.9 Å². The van der Waals surface area contributed by atoms with E-state index in [1.807, 2.05) is 42.5 Å². The standard InChI is InChI=1S/C22H22ClN3O3/c1-26(14-22(28)25-19-12-16(23)10-11-20(19)29-2)13-21(27)24-18-9-5-7-15-6-3-4-8-17(15)18/h3-12H,13-14H2,1-2H3,(H,24,27)(H,25,28)/p+1. The number of halogens is 1. The smallest absolute Gasteiger partial charge is 0.279 e. The van der Waals surface area contributed by atoms with Gasteiger partial charge in [0.2, 0.25) is 0 Å².